The van der Waals surface area contributed by atoms with Gasteiger partial charge in [-0.25, -0.2) is 4.98 Å². The van der Waals surface area contributed by atoms with E-state index in [-0.39, 0.29) is 5.75 Å². The number of aliphatic carboxylic acids is 1. The van der Waals surface area contributed by atoms with E-state index in [2.05, 4.69) is 23.4 Å². The molecule has 1 aromatic rings. The van der Waals surface area contributed by atoms with Crippen LogP contribution < -0.4 is 0 Å². The molecule has 0 saturated heterocycles. The summed E-state index contributed by atoms with van der Waals surface area (Å²) in [6.45, 7) is 4.57. The maximum Gasteiger partial charge on any atom is 0.313 e. The second kappa shape index (κ2) is 4.72. The molecule has 1 unspecified atom stereocenters. The molecule has 0 bridgehead atoms. The lowest BCUT2D eigenvalue weighted by atomic mass is 9.92. The first-order valence-corrected chi connectivity index (χ1v) is 6.84. The summed E-state index contributed by atoms with van der Waals surface area (Å²) in [4.78, 5) is 14.8. The molecule has 0 radical (unpaired) electrons. The van der Waals surface area contributed by atoms with Crippen LogP contribution in [0.4, 0.5) is 0 Å². The van der Waals surface area contributed by atoms with Crippen LogP contribution in [0.3, 0.4) is 0 Å². The molecule has 1 aliphatic carbocycles. The van der Waals surface area contributed by atoms with Crippen molar-refractivity contribution in [2.75, 3.05) is 5.75 Å². The average molecular weight is 254 g/mol. The van der Waals surface area contributed by atoms with Crippen molar-refractivity contribution in [2.45, 2.75) is 44.3 Å². The van der Waals surface area contributed by atoms with Crippen LogP contribution >= 0.6 is 11.8 Å². The van der Waals surface area contributed by atoms with E-state index in [0.29, 0.717) is 11.5 Å². The maximum absolute atomic E-state index is 10.6. The number of thioether (sulfide) groups is 1. The van der Waals surface area contributed by atoms with E-state index in [1.54, 1.807) is 6.20 Å². The lowest BCUT2D eigenvalue weighted by Gasteiger charge is -2.19. The standard InChI is InChI=1S/C12H18N2O2S/c1-12(2)4-3-9(7-12)14-6-5-13-11(14)17-8-10(15)16/h5-6,9H,3-4,7-8H2,1-2H3,(H,15,16). The summed E-state index contributed by atoms with van der Waals surface area (Å²) in [6, 6.07) is 0.476. The quantitative estimate of drug-likeness (QED) is 0.839. The number of carbonyl (C=O) groups is 1. The summed E-state index contributed by atoms with van der Waals surface area (Å²) in [5.41, 5.74) is 0.393. The van der Waals surface area contributed by atoms with Gasteiger partial charge in [0.25, 0.3) is 0 Å². The normalized spacial score (nSPS) is 22.8. The van der Waals surface area contributed by atoms with Crippen molar-refractivity contribution < 1.29 is 9.90 Å². The Bertz CT molecular complexity index is 414. The van der Waals surface area contributed by atoms with Gasteiger partial charge in [0, 0.05) is 18.4 Å². The highest BCUT2D eigenvalue weighted by Gasteiger charge is 2.32. The third-order valence-corrected chi connectivity index (χ3v) is 4.26. The van der Waals surface area contributed by atoms with Gasteiger partial charge in [-0.05, 0) is 24.7 Å². The van der Waals surface area contributed by atoms with E-state index in [9.17, 15) is 4.79 Å². The molecule has 1 saturated carbocycles. The minimum Gasteiger partial charge on any atom is -0.481 e. The Kier molecular flexibility index (Phi) is 3.47. The van der Waals surface area contributed by atoms with Gasteiger partial charge in [0.05, 0.1) is 5.75 Å². The van der Waals surface area contributed by atoms with E-state index < -0.39 is 5.97 Å². The Labute approximate surface area is 105 Å². The molecule has 1 aromatic heterocycles. The van der Waals surface area contributed by atoms with Gasteiger partial charge in [-0.1, -0.05) is 25.6 Å². The van der Waals surface area contributed by atoms with E-state index in [0.717, 1.165) is 18.0 Å². The van der Waals surface area contributed by atoms with Gasteiger partial charge < -0.3 is 9.67 Å². The van der Waals surface area contributed by atoms with Gasteiger partial charge in [0.15, 0.2) is 5.16 Å². The summed E-state index contributed by atoms with van der Waals surface area (Å²) in [5.74, 6) is -0.719. The second-order valence-corrected chi connectivity index (χ2v) is 6.30. The van der Waals surface area contributed by atoms with Crippen LogP contribution in [0.25, 0.3) is 0 Å². The summed E-state index contributed by atoms with van der Waals surface area (Å²) in [6.07, 6.45) is 7.25. The fourth-order valence-electron chi connectivity index (χ4n) is 2.45. The lowest BCUT2D eigenvalue weighted by molar-refractivity contribution is -0.133. The smallest absolute Gasteiger partial charge is 0.313 e. The van der Waals surface area contributed by atoms with Gasteiger partial charge in [-0.3, -0.25) is 4.79 Å². The number of imidazole rings is 1. The first kappa shape index (κ1) is 12.5. The highest BCUT2D eigenvalue weighted by atomic mass is 32.2. The molecule has 1 heterocycles. The van der Waals surface area contributed by atoms with E-state index in [1.807, 2.05) is 6.20 Å². The van der Waals surface area contributed by atoms with Gasteiger partial charge >= 0.3 is 5.97 Å². The number of carboxylic acid groups (broad SMARTS) is 1. The largest absolute Gasteiger partial charge is 0.481 e. The average Bonchev–Trinajstić information content (AvgIpc) is 2.80. The van der Waals surface area contributed by atoms with Crippen LogP contribution in [0.15, 0.2) is 17.6 Å². The fraction of sp³-hybridized carbons (Fsp3) is 0.667. The van der Waals surface area contributed by atoms with Crippen LogP contribution in [0.1, 0.15) is 39.2 Å². The van der Waals surface area contributed by atoms with Crippen molar-refractivity contribution in [3.63, 3.8) is 0 Å². The molecule has 0 aliphatic heterocycles. The molecule has 1 fully saturated rings. The number of nitrogens with zero attached hydrogens (tertiary/aromatic N) is 2. The molecule has 2 rings (SSSR count). The van der Waals surface area contributed by atoms with Gasteiger partial charge in [0.2, 0.25) is 0 Å². The molecule has 94 valence electrons. The SMILES string of the molecule is CC1(C)CCC(n2ccnc2SCC(=O)O)C1. The molecule has 17 heavy (non-hydrogen) atoms. The molecule has 0 aromatic carbocycles. The van der Waals surface area contributed by atoms with Crippen LogP contribution in [-0.2, 0) is 4.79 Å². The molecular weight excluding hydrogens is 236 g/mol. The predicted octanol–water partition coefficient (Wildman–Crippen LogP) is 2.81. The van der Waals surface area contributed by atoms with Crippen molar-refractivity contribution >= 4 is 17.7 Å². The van der Waals surface area contributed by atoms with Crippen LogP contribution in [0, 0.1) is 5.41 Å². The number of hydrogen-bond donors (Lipinski definition) is 1. The van der Waals surface area contributed by atoms with Gasteiger partial charge in [0.1, 0.15) is 0 Å². The molecule has 4 nitrogen and oxygen atoms in total. The van der Waals surface area contributed by atoms with Crippen molar-refractivity contribution in [3.05, 3.63) is 12.4 Å². The van der Waals surface area contributed by atoms with E-state index >= 15 is 0 Å². The van der Waals surface area contributed by atoms with Crippen LogP contribution in [0.5, 0.6) is 0 Å². The Balaban J connectivity index is 2.06. The van der Waals surface area contributed by atoms with Crippen LogP contribution in [0.2, 0.25) is 0 Å². The number of carboxylic acids is 1. The molecule has 1 N–H and O–H groups in total. The molecule has 0 amide bonds. The summed E-state index contributed by atoms with van der Waals surface area (Å²) in [5, 5.41) is 9.52. The highest BCUT2D eigenvalue weighted by Crippen LogP contribution is 2.44. The summed E-state index contributed by atoms with van der Waals surface area (Å²) in [7, 11) is 0. The molecule has 5 heteroatoms. The molecular formula is C12H18N2O2S. The molecule has 1 atom stereocenters. The van der Waals surface area contributed by atoms with Crippen molar-refractivity contribution in [1.82, 2.24) is 9.55 Å². The predicted molar refractivity (Wildman–Crippen MR) is 67.3 cm³/mol. The minimum atomic E-state index is -0.795. The Morgan fingerprint density at radius 3 is 3.06 bits per heavy atom. The van der Waals surface area contributed by atoms with Gasteiger partial charge in [-0.15, -0.1) is 0 Å². The first-order valence-electron chi connectivity index (χ1n) is 5.85. The first-order chi connectivity index (χ1) is 7.98. The Hall–Kier alpha value is -0.970. The second-order valence-electron chi connectivity index (χ2n) is 5.36. The monoisotopic (exact) mass is 254 g/mol. The maximum atomic E-state index is 10.6. The summed E-state index contributed by atoms with van der Waals surface area (Å²) >= 11 is 1.30. The van der Waals surface area contributed by atoms with Gasteiger partial charge in [-0.2, -0.15) is 0 Å². The zero-order valence-electron chi connectivity index (χ0n) is 10.2. The zero-order chi connectivity index (χ0) is 12.5. The topological polar surface area (TPSA) is 55.1 Å². The Morgan fingerprint density at radius 1 is 1.71 bits per heavy atom. The molecule has 1 aliphatic rings. The lowest BCUT2D eigenvalue weighted by Crippen LogP contribution is -2.10. The molecule has 0 spiro atoms. The third-order valence-electron chi connectivity index (χ3n) is 3.29. The van der Waals surface area contributed by atoms with Crippen molar-refractivity contribution in [1.29, 1.82) is 0 Å². The zero-order valence-corrected chi connectivity index (χ0v) is 11.0. The third kappa shape index (κ3) is 3.03. The minimum absolute atomic E-state index is 0.0765. The van der Waals surface area contributed by atoms with E-state index in [4.69, 9.17) is 5.11 Å². The number of hydrogen-bond acceptors (Lipinski definition) is 3. The number of rotatable bonds is 4. The van der Waals surface area contributed by atoms with Crippen molar-refractivity contribution in [2.24, 2.45) is 5.41 Å². The highest BCUT2D eigenvalue weighted by molar-refractivity contribution is 7.99. The van der Waals surface area contributed by atoms with Crippen LogP contribution in [-0.4, -0.2) is 26.4 Å². The number of aromatic nitrogens is 2. The van der Waals surface area contributed by atoms with E-state index in [1.165, 1.54) is 18.2 Å². The van der Waals surface area contributed by atoms with Crippen molar-refractivity contribution in [3.8, 4) is 0 Å². The summed E-state index contributed by atoms with van der Waals surface area (Å²) < 4.78 is 2.14. The fourth-order valence-corrected chi connectivity index (χ4v) is 3.20. The Morgan fingerprint density at radius 2 is 2.47 bits per heavy atom.